The van der Waals surface area contributed by atoms with E-state index in [1.54, 1.807) is 0 Å². The lowest BCUT2D eigenvalue weighted by atomic mass is 9.71. The molecule has 0 aromatic heterocycles. The zero-order chi connectivity index (χ0) is 10.3. The number of carboxylic acid groups (broad SMARTS) is 1. The third kappa shape index (κ3) is 1.94. The van der Waals surface area contributed by atoms with Crippen LogP contribution in [0.15, 0.2) is 0 Å². The van der Waals surface area contributed by atoms with Crippen molar-refractivity contribution in [3.05, 3.63) is 0 Å². The molecule has 2 fully saturated rings. The highest BCUT2D eigenvalue weighted by molar-refractivity contribution is 5.73. The van der Waals surface area contributed by atoms with Gasteiger partial charge < -0.3 is 5.11 Å². The number of rotatable bonds is 2. The molecule has 2 atom stereocenters. The highest BCUT2D eigenvalue weighted by Gasteiger charge is 2.48. The number of carbonyl (C=O) groups is 1. The number of aliphatic carboxylic acids is 1. The van der Waals surface area contributed by atoms with Crippen molar-refractivity contribution in [2.75, 3.05) is 0 Å². The Labute approximate surface area is 85.7 Å². The molecule has 2 aliphatic rings. The summed E-state index contributed by atoms with van der Waals surface area (Å²) in [5.41, 5.74) is 0.504. The van der Waals surface area contributed by atoms with Crippen molar-refractivity contribution in [3.63, 3.8) is 0 Å². The Bertz CT molecular complexity index is 235. The summed E-state index contributed by atoms with van der Waals surface area (Å²) in [4.78, 5) is 10.7. The molecule has 0 spiro atoms. The van der Waals surface area contributed by atoms with Crippen LogP contribution in [0.1, 0.15) is 46.0 Å². The van der Waals surface area contributed by atoms with Crippen LogP contribution in [0.5, 0.6) is 0 Å². The average Bonchev–Trinajstić information content (AvgIpc) is 2.83. The van der Waals surface area contributed by atoms with Gasteiger partial charge in [0, 0.05) is 0 Å². The van der Waals surface area contributed by atoms with E-state index in [1.807, 2.05) is 0 Å². The smallest absolute Gasteiger partial charge is 0.306 e. The lowest BCUT2D eigenvalue weighted by Crippen LogP contribution is -2.23. The molecule has 0 bridgehead atoms. The van der Waals surface area contributed by atoms with E-state index in [1.165, 1.54) is 25.7 Å². The maximum absolute atomic E-state index is 10.7. The van der Waals surface area contributed by atoms with Gasteiger partial charge in [-0.3, -0.25) is 4.79 Å². The van der Waals surface area contributed by atoms with E-state index >= 15 is 0 Å². The molecule has 2 heteroatoms. The Kier molecular flexibility index (Phi) is 2.32. The van der Waals surface area contributed by atoms with Gasteiger partial charge in [0.15, 0.2) is 0 Å². The number of carboxylic acids is 1. The molecule has 0 aromatic rings. The van der Waals surface area contributed by atoms with Gasteiger partial charge in [-0.1, -0.05) is 13.8 Å². The molecule has 0 heterocycles. The fraction of sp³-hybridized carbons (Fsp3) is 0.917. The molecule has 14 heavy (non-hydrogen) atoms. The molecule has 80 valence electrons. The molecule has 2 aliphatic carbocycles. The number of hydrogen-bond donors (Lipinski definition) is 1. The molecule has 2 saturated carbocycles. The zero-order valence-electron chi connectivity index (χ0n) is 9.12. The van der Waals surface area contributed by atoms with E-state index in [2.05, 4.69) is 13.8 Å². The summed E-state index contributed by atoms with van der Waals surface area (Å²) in [5, 5.41) is 8.86. The molecule has 0 radical (unpaired) electrons. The van der Waals surface area contributed by atoms with Crippen LogP contribution in [0.3, 0.4) is 0 Å². The van der Waals surface area contributed by atoms with Crippen molar-refractivity contribution < 1.29 is 9.90 Å². The van der Waals surface area contributed by atoms with E-state index < -0.39 is 5.97 Å². The van der Waals surface area contributed by atoms with E-state index in [-0.39, 0.29) is 5.92 Å². The van der Waals surface area contributed by atoms with E-state index in [9.17, 15) is 4.79 Å². The molecule has 0 aromatic carbocycles. The predicted molar refractivity (Wildman–Crippen MR) is 55.0 cm³/mol. The maximum atomic E-state index is 10.7. The van der Waals surface area contributed by atoms with E-state index in [0.717, 1.165) is 6.42 Å². The largest absolute Gasteiger partial charge is 0.481 e. The normalized spacial score (nSPS) is 36.7. The molecular formula is C12H20O2. The van der Waals surface area contributed by atoms with Crippen molar-refractivity contribution in [3.8, 4) is 0 Å². The second-order valence-corrected chi connectivity index (χ2v) is 5.85. The van der Waals surface area contributed by atoms with Crippen LogP contribution >= 0.6 is 0 Å². The minimum atomic E-state index is -0.570. The van der Waals surface area contributed by atoms with Crippen LogP contribution in [0.2, 0.25) is 0 Å². The standard InChI is InChI=1S/C12H20O2/c1-12(2)5-3-8(4-6-12)9-7-10(9)11(13)14/h8-10H,3-7H2,1-2H3,(H,13,14). The monoisotopic (exact) mass is 196 g/mol. The quantitative estimate of drug-likeness (QED) is 0.737. The summed E-state index contributed by atoms with van der Waals surface area (Å²) in [6, 6.07) is 0. The summed E-state index contributed by atoms with van der Waals surface area (Å²) < 4.78 is 0. The second kappa shape index (κ2) is 3.25. The Morgan fingerprint density at radius 2 is 1.86 bits per heavy atom. The molecular weight excluding hydrogens is 176 g/mol. The fourth-order valence-electron chi connectivity index (χ4n) is 2.87. The van der Waals surface area contributed by atoms with Crippen LogP contribution in [-0.4, -0.2) is 11.1 Å². The summed E-state index contributed by atoms with van der Waals surface area (Å²) in [5.74, 6) is 0.661. The minimum absolute atomic E-state index is 0.00112. The highest BCUT2D eigenvalue weighted by Crippen LogP contribution is 2.52. The van der Waals surface area contributed by atoms with Gasteiger partial charge in [0.05, 0.1) is 5.92 Å². The Balaban J connectivity index is 1.83. The van der Waals surface area contributed by atoms with Gasteiger partial charge >= 0.3 is 5.97 Å². The first-order chi connectivity index (χ1) is 6.49. The van der Waals surface area contributed by atoms with Crippen molar-refractivity contribution >= 4 is 5.97 Å². The lowest BCUT2D eigenvalue weighted by Gasteiger charge is -2.34. The van der Waals surface area contributed by atoms with Crippen molar-refractivity contribution in [2.24, 2.45) is 23.2 Å². The fourth-order valence-corrected chi connectivity index (χ4v) is 2.87. The first kappa shape index (κ1) is 10.0. The zero-order valence-corrected chi connectivity index (χ0v) is 9.12. The SMILES string of the molecule is CC1(C)CCC(C2CC2C(=O)O)CC1. The van der Waals surface area contributed by atoms with Crippen molar-refractivity contribution in [1.82, 2.24) is 0 Å². The Hall–Kier alpha value is -0.530. The third-order valence-corrected chi connectivity index (χ3v) is 4.15. The van der Waals surface area contributed by atoms with Crippen molar-refractivity contribution in [1.29, 1.82) is 0 Å². The minimum Gasteiger partial charge on any atom is -0.481 e. The second-order valence-electron chi connectivity index (χ2n) is 5.85. The summed E-state index contributed by atoms with van der Waals surface area (Å²) in [7, 11) is 0. The van der Waals surface area contributed by atoms with E-state index in [4.69, 9.17) is 5.11 Å². The summed E-state index contributed by atoms with van der Waals surface area (Å²) in [6.45, 7) is 4.65. The first-order valence-corrected chi connectivity index (χ1v) is 5.72. The first-order valence-electron chi connectivity index (χ1n) is 5.72. The lowest BCUT2D eigenvalue weighted by molar-refractivity contribution is -0.139. The highest BCUT2D eigenvalue weighted by atomic mass is 16.4. The molecule has 1 N–H and O–H groups in total. The summed E-state index contributed by atoms with van der Waals surface area (Å²) in [6.07, 6.45) is 6.00. The molecule has 0 aliphatic heterocycles. The van der Waals surface area contributed by atoms with Gasteiger partial charge in [-0.15, -0.1) is 0 Å². The topological polar surface area (TPSA) is 37.3 Å². The third-order valence-electron chi connectivity index (χ3n) is 4.15. The van der Waals surface area contributed by atoms with Gasteiger partial charge in [-0.2, -0.15) is 0 Å². The van der Waals surface area contributed by atoms with Gasteiger partial charge in [0.25, 0.3) is 0 Å². The van der Waals surface area contributed by atoms with Gasteiger partial charge in [0.1, 0.15) is 0 Å². The van der Waals surface area contributed by atoms with Gasteiger partial charge in [-0.25, -0.2) is 0 Å². The van der Waals surface area contributed by atoms with Crippen LogP contribution in [-0.2, 0) is 4.79 Å². The van der Waals surface area contributed by atoms with E-state index in [0.29, 0.717) is 17.3 Å². The van der Waals surface area contributed by atoms with Gasteiger partial charge in [0.2, 0.25) is 0 Å². The van der Waals surface area contributed by atoms with Crippen LogP contribution in [0, 0.1) is 23.2 Å². The summed E-state index contributed by atoms with van der Waals surface area (Å²) >= 11 is 0. The van der Waals surface area contributed by atoms with Crippen LogP contribution in [0.25, 0.3) is 0 Å². The molecule has 0 saturated heterocycles. The molecule has 2 unspecified atom stereocenters. The van der Waals surface area contributed by atoms with Crippen molar-refractivity contribution in [2.45, 2.75) is 46.0 Å². The van der Waals surface area contributed by atoms with Gasteiger partial charge in [-0.05, 0) is 49.4 Å². The maximum Gasteiger partial charge on any atom is 0.306 e. The van der Waals surface area contributed by atoms with Crippen LogP contribution < -0.4 is 0 Å². The van der Waals surface area contributed by atoms with Crippen LogP contribution in [0.4, 0.5) is 0 Å². The molecule has 2 rings (SSSR count). The predicted octanol–water partition coefficient (Wildman–Crippen LogP) is 2.92. The number of hydrogen-bond acceptors (Lipinski definition) is 1. The average molecular weight is 196 g/mol. The Morgan fingerprint density at radius 3 is 2.29 bits per heavy atom. The Morgan fingerprint density at radius 1 is 1.29 bits per heavy atom. The molecule has 0 amide bonds. The molecule has 2 nitrogen and oxygen atoms in total.